The van der Waals surface area contributed by atoms with Gasteiger partial charge < -0.3 is 15.8 Å². The highest BCUT2D eigenvalue weighted by atomic mass is 32.2. The zero-order valence-electron chi connectivity index (χ0n) is 19.1. The topological polar surface area (TPSA) is 97.0 Å². The van der Waals surface area contributed by atoms with Crippen molar-refractivity contribution in [2.24, 2.45) is 5.10 Å². The molecule has 0 spiro atoms. The molecule has 1 atom stereocenters. The number of hydrogen-bond donors (Lipinski definition) is 2. The lowest BCUT2D eigenvalue weighted by Gasteiger charge is -2.22. The van der Waals surface area contributed by atoms with Gasteiger partial charge in [0.1, 0.15) is 5.75 Å². The Bertz CT molecular complexity index is 987. The summed E-state index contributed by atoms with van der Waals surface area (Å²) in [4.78, 5) is 12.4. The number of hydrazone groups is 1. The molecule has 1 aliphatic rings. The average molecular weight is 445 g/mol. The number of carbonyl (C=O) groups is 1. The van der Waals surface area contributed by atoms with E-state index in [-0.39, 0.29) is 12.1 Å². The minimum Gasteiger partial charge on any atom is -0.496 e. The number of ether oxygens (including phenoxy) is 1. The molecule has 0 aliphatic carbocycles. The van der Waals surface area contributed by atoms with Gasteiger partial charge in [-0.25, -0.2) is 9.80 Å². The van der Waals surface area contributed by atoms with Crippen molar-refractivity contribution in [3.8, 4) is 5.75 Å². The van der Waals surface area contributed by atoms with Crippen LogP contribution >= 0.6 is 0 Å². The number of urea groups is 1. The van der Waals surface area contributed by atoms with Crippen molar-refractivity contribution >= 4 is 28.2 Å². The predicted molar refractivity (Wildman–Crippen MR) is 128 cm³/mol. The Morgan fingerprint density at radius 1 is 1.32 bits per heavy atom. The molecule has 31 heavy (non-hydrogen) atoms. The number of methoxy groups -OCH3 is 1. The number of anilines is 1. The number of nitrogen functional groups attached to an aromatic ring is 1. The van der Waals surface area contributed by atoms with Gasteiger partial charge >= 0.3 is 6.03 Å². The summed E-state index contributed by atoms with van der Waals surface area (Å²) in [7, 11) is 2.68. The normalized spacial score (nSPS) is 15.3. The molecule has 1 heterocycles. The first kappa shape index (κ1) is 24.4. The van der Waals surface area contributed by atoms with Gasteiger partial charge in [0, 0.05) is 47.2 Å². The highest BCUT2D eigenvalue weighted by molar-refractivity contribution is 7.83. The molecule has 2 aromatic rings. The van der Waals surface area contributed by atoms with Gasteiger partial charge in [0.15, 0.2) is 0 Å². The standard InChI is InChI=1S/C21H26N4O2.C2H6OS/c1-5-14-10-16-9-13(2)25(21(26)23-3)24-20(18(16)12-19(14)27-4)15-7-6-8-17(22)11-15;1-4(2)3/h6-8,10-13H,5,9,22H2,1-4H3,(H,23,26);1-2H3. The molecule has 0 saturated carbocycles. The van der Waals surface area contributed by atoms with Gasteiger partial charge in [-0.1, -0.05) is 25.1 Å². The van der Waals surface area contributed by atoms with Gasteiger partial charge in [0.2, 0.25) is 0 Å². The molecule has 2 amide bonds. The van der Waals surface area contributed by atoms with Crippen molar-refractivity contribution in [1.82, 2.24) is 10.3 Å². The van der Waals surface area contributed by atoms with Crippen LogP contribution in [0.5, 0.6) is 5.75 Å². The molecule has 0 fully saturated rings. The van der Waals surface area contributed by atoms with Gasteiger partial charge in [-0.05, 0) is 49.1 Å². The molecule has 1 aliphatic heterocycles. The van der Waals surface area contributed by atoms with E-state index in [0.717, 1.165) is 34.4 Å². The second kappa shape index (κ2) is 10.9. The average Bonchev–Trinajstić information content (AvgIpc) is 2.87. The number of hydrogen-bond acceptors (Lipinski definition) is 5. The SMILES string of the molecule is CCc1cc2c(cc1OC)C(c1cccc(N)c1)=NN(C(=O)NC)C(C)C2.CS(C)=O. The fraction of sp³-hybridized carbons (Fsp3) is 0.391. The van der Waals surface area contributed by atoms with E-state index in [1.165, 1.54) is 5.01 Å². The quantitative estimate of drug-likeness (QED) is 0.711. The van der Waals surface area contributed by atoms with Gasteiger partial charge in [-0.2, -0.15) is 5.10 Å². The molecule has 3 N–H and O–H groups in total. The van der Waals surface area contributed by atoms with E-state index in [9.17, 15) is 9.00 Å². The Labute approximate surface area is 187 Å². The Morgan fingerprint density at radius 3 is 2.55 bits per heavy atom. The van der Waals surface area contributed by atoms with E-state index >= 15 is 0 Å². The number of nitrogens with zero attached hydrogens (tertiary/aromatic N) is 2. The van der Waals surface area contributed by atoms with E-state index in [2.05, 4.69) is 18.3 Å². The number of amides is 2. The maximum atomic E-state index is 12.4. The number of benzene rings is 2. The van der Waals surface area contributed by atoms with Gasteiger partial charge in [-0.15, -0.1) is 0 Å². The second-order valence-corrected chi connectivity index (χ2v) is 8.93. The zero-order chi connectivity index (χ0) is 23.1. The first-order valence-electron chi connectivity index (χ1n) is 10.1. The van der Waals surface area contributed by atoms with Crippen LogP contribution in [0, 0.1) is 0 Å². The lowest BCUT2D eigenvalue weighted by Crippen LogP contribution is -2.41. The maximum absolute atomic E-state index is 12.4. The highest BCUT2D eigenvalue weighted by Crippen LogP contribution is 2.30. The second-order valence-electron chi connectivity index (χ2n) is 7.44. The van der Waals surface area contributed by atoms with Crippen LogP contribution < -0.4 is 15.8 Å². The van der Waals surface area contributed by atoms with Crippen LogP contribution in [0.2, 0.25) is 0 Å². The summed E-state index contributed by atoms with van der Waals surface area (Å²) >= 11 is 0. The van der Waals surface area contributed by atoms with Crippen molar-refractivity contribution in [2.45, 2.75) is 32.7 Å². The number of aryl methyl sites for hydroxylation is 1. The van der Waals surface area contributed by atoms with Crippen LogP contribution in [-0.4, -0.2) is 53.7 Å². The van der Waals surface area contributed by atoms with Crippen LogP contribution in [0.3, 0.4) is 0 Å². The maximum Gasteiger partial charge on any atom is 0.337 e. The molecule has 0 bridgehead atoms. The minimum absolute atomic E-state index is 0.0830. The predicted octanol–water partition coefficient (Wildman–Crippen LogP) is 3.17. The molecule has 0 aromatic heterocycles. The van der Waals surface area contributed by atoms with Crippen molar-refractivity contribution < 1.29 is 13.7 Å². The molecule has 1 unspecified atom stereocenters. The van der Waals surface area contributed by atoms with Crippen LogP contribution in [0.4, 0.5) is 10.5 Å². The summed E-state index contributed by atoms with van der Waals surface area (Å²) in [6, 6.07) is 11.4. The Morgan fingerprint density at radius 2 is 2.00 bits per heavy atom. The van der Waals surface area contributed by atoms with Crippen LogP contribution in [0.25, 0.3) is 0 Å². The molecule has 0 radical (unpaired) electrons. The van der Waals surface area contributed by atoms with Crippen molar-refractivity contribution in [3.05, 3.63) is 58.7 Å². The summed E-state index contributed by atoms with van der Waals surface area (Å²) in [6.07, 6.45) is 4.85. The minimum atomic E-state index is -0.611. The molecule has 168 valence electrons. The third kappa shape index (κ3) is 6.07. The van der Waals surface area contributed by atoms with Gasteiger partial charge in [0.05, 0.1) is 18.9 Å². The molecule has 2 aromatic carbocycles. The number of nitrogens with one attached hydrogen (secondary N) is 1. The number of nitrogens with two attached hydrogens (primary N) is 1. The van der Waals surface area contributed by atoms with E-state index in [1.54, 1.807) is 26.7 Å². The molecule has 0 saturated heterocycles. The summed E-state index contributed by atoms with van der Waals surface area (Å²) < 4.78 is 15.2. The fourth-order valence-corrected chi connectivity index (χ4v) is 3.46. The Kier molecular flexibility index (Phi) is 8.62. The molecule has 7 nitrogen and oxygen atoms in total. The lowest BCUT2D eigenvalue weighted by molar-refractivity contribution is 0.184. The number of rotatable bonds is 3. The van der Waals surface area contributed by atoms with E-state index < -0.39 is 10.8 Å². The summed E-state index contributed by atoms with van der Waals surface area (Å²) in [6.45, 7) is 4.11. The summed E-state index contributed by atoms with van der Waals surface area (Å²) in [5.74, 6) is 0.828. The third-order valence-electron chi connectivity index (χ3n) is 4.86. The number of fused-ring (bicyclic) bond motifs is 1. The highest BCUT2D eigenvalue weighted by Gasteiger charge is 2.28. The molecular weight excluding hydrogens is 412 g/mol. The van der Waals surface area contributed by atoms with Gasteiger partial charge in [-0.3, -0.25) is 4.21 Å². The van der Waals surface area contributed by atoms with Crippen molar-refractivity contribution in [1.29, 1.82) is 0 Å². The zero-order valence-corrected chi connectivity index (χ0v) is 19.9. The van der Waals surface area contributed by atoms with E-state index in [1.807, 2.05) is 37.3 Å². The fourth-order valence-electron chi connectivity index (χ4n) is 3.46. The first-order chi connectivity index (χ1) is 14.7. The first-order valence-corrected chi connectivity index (χ1v) is 12.1. The lowest BCUT2D eigenvalue weighted by atomic mass is 9.92. The van der Waals surface area contributed by atoms with Crippen molar-refractivity contribution in [3.63, 3.8) is 0 Å². The molecular formula is C23H32N4O3S. The van der Waals surface area contributed by atoms with E-state index in [0.29, 0.717) is 17.8 Å². The third-order valence-corrected chi connectivity index (χ3v) is 4.86. The number of carbonyl (C=O) groups excluding carboxylic acids is 1. The van der Waals surface area contributed by atoms with Gasteiger partial charge in [0.25, 0.3) is 0 Å². The van der Waals surface area contributed by atoms with Crippen molar-refractivity contribution in [2.75, 3.05) is 32.4 Å². The molecule has 3 rings (SSSR count). The summed E-state index contributed by atoms with van der Waals surface area (Å²) in [5, 5.41) is 8.93. The summed E-state index contributed by atoms with van der Waals surface area (Å²) in [5.41, 5.74) is 11.5. The Hall–Kier alpha value is -2.87. The molecule has 8 heteroatoms. The van der Waals surface area contributed by atoms with Crippen LogP contribution in [0.1, 0.15) is 36.1 Å². The van der Waals surface area contributed by atoms with Crippen LogP contribution in [-0.2, 0) is 23.6 Å². The smallest absolute Gasteiger partial charge is 0.337 e. The Balaban J connectivity index is 0.000000785. The largest absolute Gasteiger partial charge is 0.496 e. The van der Waals surface area contributed by atoms with Crippen LogP contribution in [0.15, 0.2) is 41.5 Å². The monoisotopic (exact) mass is 444 g/mol. The van der Waals surface area contributed by atoms with E-state index in [4.69, 9.17) is 15.6 Å².